The summed E-state index contributed by atoms with van der Waals surface area (Å²) in [4.78, 5) is 4.03. The van der Waals surface area contributed by atoms with Gasteiger partial charge in [-0.05, 0) is 23.8 Å². The lowest BCUT2D eigenvalue weighted by Gasteiger charge is -2.16. The van der Waals surface area contributed by atoms with Gasteiger partial charge in [-0.15, -0.1) is 0 Å². The molecule has 0 aliphatic heterocycles. The molecule has 0 fully saturated rings. The number of hydrogen-bond donors (Lipinski definition) is 2. The normalized spacial score (nSPS) is 11.8. The first-order chi connectivity index (χ1) is 12.3. The summed E-state index contributed by atoms with van der Waals surface area (Å²) in [6.45, 7) is 0.532. The fraction of sp³-hybridized carbons (Fsp3) is 0.150. The minimum atomic E-state index is -0.832. The van der Waals surface area contributed by atoms with Crippen LogP contribution in [0.4, 0.5) is 0 Å². The first-order valence-corrected chi connectivity index (χ1v) is 8.03. The first-order valence-electron chi connectivity index (χ1n) is 8.03. The molecule has 0 spiro atoms. The quantitative estimate of drug-likeness (QED) is 0.691. The minimum absolute atomic E-state index is 0.0915. The van der Waals surface area contributed by atoms with Gasteiger partial charge >= 0.3 is 0 Å². The fourth-order valence-corrected chi connectivity index (χ4v) is 2.37. The molecule has 3 rings (SSSR count). The van der Waals surface area contributed by atoms with Crippen LogP contribution in [-0.2, 0) is 6.61 Å². The third-order valence-electron chi connectivity index (χ3n) is 3.70. The maximum atomic E-state index is 10.0. The topological polar surface area (TPSA) is 77.6 Å². The summed E-state index contributed by atoms with van der Waals surface area (Å²) < 4.78 is 11.9. The number of rotatable bonds is 7. The zero-order chi connectivity index (χ0) is 17.5. The number of aromatic nitrogens is 1. The molecule has 0 aliphatic rings. The lowest BCUT2D eigenvalue weighted by atomic mass is 10.1. The molecule has 0 saturated heterocycles. The Morgan fingerprint density at radius 2 is 1.64 bits per heavy atom. The Morgan fingerprint density at radius 1 is 0.920 bits per heavy atom. The predicted molar refractivity (Wildman–Crippen MR) is 95.5 cm³/mol. The zero-order valence-electron chi connectivity index (χ0n) is 13.7. The molecule has 5 nitrogen and oxygen atoms in total. The number of pyridine rings is 1. The van der Waals surface area contributed by atoms with Crippen LogP contribution >= 0.6 is 0 Å². The van der Waals surface area contributed by atoms with Gasteiger partial charge in [-0.25, -0.2) is 0 Å². The van der Waals surface area contributed by atoms with Crippen molar-refractivity contribution in [3.8, 4) is 17.2 Å². The Hall–Kier alpha value is -2.89. The Labute approximate surface area is 146 Å². The van der Waals surface area contributed by atoms with Crippen LogP contribution in [0.15, 0.2) is 73.1 Å². The molecule has 0 radical (unpaired) electrons. The molecule has 0 amide bonds. The van der Waals surface area contributed by atoms with Crippen LogP contribution in [0.2, 0.25) is 0 Å². The molecule has 0 saturated carbocycles. The lowest BCUT2D eigenvalue weighted by Crippen LogP contribution is -2.12. The number of para-hydroxylation sites is 2. The molecule has 3 N–H and O–H groups in total. The van der Waals surface area contributed by atoms with Crippen LogP contribution in [0.1, 0.15) is 17.2 Å². The van der Waals surface area contributed by atoms with Crippen molar-refractivity contribution >= 4 is 0 Å². The molecule has 5 heteroatoms. The van der Waals surface area contributed by atoms with Crippen molar-refractivity contribution in [2.45, 2.75) is 12.7 Å². The monoisotopic (exact) mass is 336 g/mol. The van der Waals surface area contributed by atoms with E-state index in [1.807, 2.05) is 54.6 Å². The van der Waals surface area contributed by atoms with Crippen LogP contribution in [-0.4, -0.2) is 16.6 Å². The molecular formula is C20H20N2O3. The largest absolute Gasteiger partial charge is 0.485 e. The summed E-state index contributed by atoms with van der Waals surface area (Å²) in [6.07, 6.45) is 2.33. The maximum Gasteiger partial charge on any atom is 0.169 e. The van der Waals surface area contributed by atoms with Gasteiger partial charge in [-0.3, -0.25) is 4.98 Å². The molecule has 1 unspecified atom stereocenters. The highest BCUT2D eigenvalue weighted by Gasteiger charge is 2.14. The van der Waals surface area contributed by atoms with Crippen molar-refractivity contribution < 1.29 is 14.6 Å². The lowest BCUT2D eigenvalue weighted by molar-refractivity contribution is 0.182. The van der Waals surface area contributed by atoms with Crippen LogP contribution in [0.25, 0.3) is 0 Å². The van der Waals surface area contributed by atoms with E-state index in [4.69, 9.17) is 15.2 Å². The van der Waals surface area contributed by atoms with E-state index in [-0.39, 0.29) is 6.54 Å². The van der Waals surface area contributed by atoms with E-state index in [0.29, 0.717) is 29.4 Å². The van der Waals surface area contributed by atoms with Crippen molar-refractivity contribution in [3.63, 3.8) is 0 Å². The molecule has 128 valence electrons. The molecular weight excluding hydrogens is 316 g/mol. The van der Waals surface area contributed by atoms with E-state index in [9.17, 15) is 5.11 Å². The van der Waals surface area contributed by atoms with Crippen molar-refractivity contribution in [1.29, 1.82) is 0 Å². The second kappa shape index (κ2) is 8.28. The van der Waals surface area contributed by atoms with Crippen molar-refractivity contribution in [2.75, 3.05) is 6.54 Å². The third-order valence-corrected chi connectivity index (χ3v) is 3.70. The highest BCUT2D eigenvalue weighted by molar-refractivity contribution is 5.44. The highest BCUT2D eigenvalue weighted by atomic mass is 16.5. The molecule has 1 atom stereocenters. The number of aliphatic hydroxyl groups is 1. The number of benzene rings is 2. The number of aliphatic hydroxyl groups excluding tert-OH is 1. The number of ether oxygens (including phenoxy) is 2. The van der Waals surface area contributed by atoms with Crippen molar-refractivity contribution in [2.24, 2.45) is 5.73 Å². The third kappa shape index (κ3) is 4.35. The van der Waals surface area contributed by atoms with Gasteiger partial charge in [0.05, 0.1) is 6.10 Å². The summed E-state index contributed by atoms with van der Waals surface area (Å²) in [6, 6.07) is 19.0. The molecule has 3 aromatic rings. The van der Waals surface area contributed by atoms with Gasteiger partial charge in [0.1, 0.15) is 12.4 Å². The van der Waals surface area contributed by atoms with Gasteiger partial charge in [-0.2, -0.15) is 0 Å². The Morgan fingerprint density at radius 3 is 2.40 bits per heavy atom. The Kier molecular flexibility index (Phi) is 5.61. The molecule has 25 heavy (non-hydrogen) atoms. The van der Waals surface area contributed by atoms with Gasteiger partial charge in [0, 0.05) is 24.5 Å². The Bertz CT molecular complexity index is 809. The van der Waals surface area contributed by atoms with Gasteiger partial charge in [0.2, 0.25) is 0 Å². The summed E-state index contributed by atoms with van der Waals surface area (Å²) in [5, 5.41) is 10.0. The van der Waals surface area contributed by atoms with Gasteiger partial charge < -0.3 is 20.3 Å². The molecule has 2 aromatic carbocycles. The fourth-order valence-electron chi connectivity index (χ4n) is 2.37. The van der Waals surface area contributed by atoms with E-state index in [1.165, 1.54) is 0 Å². The SMILES string of the molecule is NCC(O)c1cnccc1Oc1ccccc1OCc1ccccc1. The van der Waals surface area contributed by atoms with Crippen LogP contribution in [0.5, 0.6) is 17.2 Å². The summed E-state index contributed by atoms with van der Waals surface area (Å²) in [5.41, 5.74) is 7.16. The average molecular weight is 336 g/mol. The maximum absolute atomic E-state index is 10.0. The number of hydrogen-bond acceptors (Lipinski definition) is 5. The van der Waals surface area contributed by atoms with E-state index >= 15 is 0 Å². The second-order valence-corrected chi connectivity index (χ2v) is 5.49. The predicted octanol–water partition coefficient (Wildman–Crippen LogP) is 3.45. The number of nitrogens with zero attached hydrogens (tertiary/aromatic N) is 1. The Balaban J connectivity index is 1.80. The number of nitrogens with two attached hydrogens (primary N) is 1. The first kappa shape index (κ1) is 17.0. The highest BCUT2D eigenvalue weighted by Crippen LogP contribution is 2.34. The zero-order valence-corrected chi connectivity index (χ0v) is 13.7. The van der Waals surface area contributed by atoms with Crippen molar-refractivity contribution in [1.82, 2.24) is 4.98 Å². The van der Waals surface area contributed by atoms with E-state index in [0.717, 1.165) is 5.56 Å². The van der Waals surface area contributed by atoms with Crippen molar-refractivity contribution in [3.05, 3.63) is 84.2 Å². The van der Waals surface area contributed by atoms with Gasteiger partial charge in [-0.1, -0.05) is 42.5 Å². The second-order valence-electron chi connectivity index (χ2n) is 5.49. The summed E-state index contributed by atoms with van der Waals surface area (Å²) >= 11 is 0. The summed E-state index contributed by atoms with van der Waals surface area (Å²) in [7, 11) is 0. The van der Waals surface area contributed by atoms with Crippen LogP contribution in [0, 0.1) is 0 Å². The molecule has 0 bridgehead atoms. The summed E-state index contributed by atoms with van der Waals surface area (Å²) in [5.74, 6) is 1.69. The average Bonchev–Trinajstić information content (AvgIpc) is 2.68. The van der Waals surface area contributed by atoms with E-state index in [2.05, 4.69) is 4.98 Å². The van der Waals surface area contributed by atoms with E-state index in [1.54, 1.807) is 18.5 Å². The molecule has 0 aliphatic carbocycles. The van der Waals surface area contributed by atoms with Gasteiger partial charge in [0.15, 0.2) is 11.5 Å². The smallest absolute Gasteiger partial charge is 0.169 e. The molecule has 1 aromatic heterocycles. The van der Waals surface area contributed by atoms with Crippen LogP contribution in [0.3, 0.4) is 0 Å². The standard InChI is InChI=1S/C20H20N2O3/c21-12-17(23)16-13-22-11-10-18(16)25-20-9-5-4-8-19(20)24-14-15-6-2-1-3-7-15/h1-11,13,17,23H,12,14,21H2. The van der Waals surface area contributed by atoms with Gasteiger partial charge in [0.25, 0.3) is 0 Å². The van der Waals surface area contributed by atoms with Crippen LogP contribution < -0.4 is 15.2 Å². The molecule has 1 heterocycles. The minimum Gasteiger partial charge on any atom is -0.485 e. The van der Waals surface area contributed by atoms with E-state index < -0.39 is 6.10 Å².